The monoisotopic (exact) mass is 201 g/mol. The van der Waals surface area contributed by atoms with Gasteiger partial charge in [0.1, 0.15) is 0 Å². The molecule has 13 heavy (non-hydrogen) atoms. The summed E-state index contributed by atoms with van der Waals surface area (Å²) < 4.78 is 5.18. The second-order valence-electron chi connectivity index (χ2n) is 2.57. The number of anilines is 1. The second-order valence-corrected chi connectivity index (χ2v) is 2.91. The zero-order chi connectivity index (χ0) is 9.10. The van der Waals surface area contributed by atoms with E-state index >= 15 is 0 Å². The first kappa shape index (κ1) is 8.58. The number of morpholine rings is 1. The molecule has 0 radical (unpaired) electrons. The molecule has 0 spiro atoms. The molecule has 0 aromatic carbocycles. The fourth-order valence-electron chi connectivity index (χ4n) is 1.10. The molecule has 1 aromatic heterocycles. The molecule has 2 rings (SSSR count). The summed E-state index contributed by atoms with van der Waals surface area (Å²) in [7, 11) is 0. The van der Waals surface area contributed by atoms with Crippen molar-refractivity contribution < 1.29 is 4.74 Å². The molecule has 7 heteroatoms. The zero-order valence-electron chi connectivity index (χ0n) is 6.85. The van der Waals surface area contributed by atoms with Gasteiger partial charge in [0.15, 0.2) is 0 Å². The summed E-state index contributed by atoms with van der Waals surface area (Å²) in [6.07, 6.45) is 0. The summed E-state index contributed by atoms with van der Waals surface area (Å²) >= 11 is 5.46. The number of ether oxygens (including phenoxy) is 1. The van der Waals surface area contributed by atoms with Gasteiger partial charge in [-0.25, -0.2) is 0 Å². The Hall–Kier alpha value is -1.01. The molecule has 1 aliphatic rings. The predicted octanol–water partition coefficient (Wildman–Crippen LogP) is -0.243. The molecule has 0 unspecified atom stereocenters. The fraction of sp³-hybridized carbons (Fsp3) is 0.667. The molecule has 0 saturated carbocycles. The van der Waals surface area contributed by atoms with Crippen LogP contribution in [0.25, 0.3) is 0 Å². The molecule has 0 aliphatic carbocycles. The van der Waals surface area contributed by atoms with Crippen molar-refractivity contribution in [1.29, 1.82) is 0 Å². The van der Waals surface area contributed by atoms with E-state index in [2.05, 4.69) is 20.4 Å². The van der Waals surface area contributed by atoms with Crippen molar-refractivity contribution in [3.63, 3.8) is 0 Å². The number of nitrogens with zero attached hydrogens (tertiary/aromatic N) is 5. The van der Waals surface area contributed by atoms with Crippen LogP contribution in [0, 0.1) is 0 Å². The average Bonchev–Trinajstić information content (AvgIpc) is 2.20. The van der Waals surface area contributed by atoms with Crippen molar-refractivity contribution in [2.45, 2.75) is 0 Å². The summed E-state index contributed by atoms with van der Waals surface area (Å²) in [5.41, 5.74) is 0. The van der Waals surface area contributed by atoms with Gasteiger partial charge in [0.25, 0.3) is 11.2 Å². The van der Waals surface area contributed by atoms with Crippen LogP contribution in [0.4, 0.5) is 5.95 Å². The number of hydrogen-bond acceptors (Lipinski definition) is 6. The van der Waals surface area contributed by atoms with Gasteiger partial charge in [0, 0.05) is 13.1 Å². The SMILES string of the molecule is Clc1nnc(N2CCOCC2)nn1. The van der Waals surface area contributed by atoms with E-state index in [1.54, 1.807) is 0 Å². The van der Waals surface area contributed by atoms with Gasteiger partial charge in [-0.3, -0.25) is 0 Å². The molecule has 0 atom stereocenters. The molecule has 0 amide bonds. The lowest BCUT2D eigenvalue weighted by Crippen LogP contribution is -2.37. The smallest absolute Gasteiger partial charge is 0.265 e. The molecule has 1 aliphatic heterocycles. The summed E-state index contributed by atoms with van der Waals surface area (Å²) in [5, 5.41) is 14.9. The lowest BCUT2D eigenvalue weighted by Gasteiger charge is -2.25. The number of halogens is 1. The van der Waals surface area contributed by atoms with Gasteiger partial charge in [-0.05, 0) is 11.6 Å². The Labute approximate surface area is 79.9 Å². The second kappa shape index (κ2) is 3.80. The first-order valence-electron chi connectivity index (χ1n) is 3.92. The normalized spacial score (nSPS) is 17.5. The minimum atomic E-state index is 0.0667. The minimum absolute atomic E-state index is 0.0667. The van der Waals surface area contributed by atoms with E-state index < -0.39 is 0 Å². The highest BCUT2D eigenvalue weighted by molar-refractivity contribution is 6.28. The zero-order valence-corrected chi connectivity index (χ0v) is 7.61. The van der Waals surface area contributed by atoms with Crippen LogP contribution in [0.1, 0.15) is 0 Å². The van der Waals surface area contributed by atoms with Crippen LogP contribution in [0.3, 0.4) is 0 Å². The highest BCUT2D eigenvalue weighted by Crippen LogP contribution is 2.06. The van der Waals surface area contributed by atoms with Crippen LogP contribution in [-0.2, 0) is 4.74 Å². The van der Waals surface area contributed by atoms with Crippen LogP contribution in [0.15, 0.2) is 0 Å². The molecule has 1 saturated heterocycles. The van der Waals surface area contributed by atoms with Crippen LogP contribution < -0.4 is 4.90 Å². The summed E-state index contributed by atoms with van der Waals surface area (Å²) in [5.74, 6) is 0.507. The Kier molecular flexibility index (Phi) is 2.51. The Bertz CT molecular complexity index is 273. The maximum Gasteiger partial charge on any atom is 0.265 e. The maximum absolute atomic E-state index is 5.46. The van der Waals surface area contributed by atoms with Crippen molar-refractivity contribution in [2.75, 3.05) is 31.2 Å². The maximum atomic E-state index is 5.46. The van der Waals surface area contributed by atoms with Gasteiger partial charge in [0.05, 0.1) is 13.2 Å². The van der Waals surface area contributed by atoms with Crippen molar-refractivity contribution in [2.24, 2.45) is 0 Å². The minimum Gasteiger partial charge on any atom is -0.378 e. The van der Waals surface area contributed by atoms with E-state index in [1.165, 1.54) is 0 Å². The first-order valence-corrected chi connectivity index (χ1v) is 4.29. The average molecular weight is 202 g/mol. The molecular weight excluding hydrogens is 194 g/mol. The molecule has 0 N–H and O–H groups in total. The first-order chi connectivity index (χ1) is 6.36. The molecule has 70 valence electrons. The van der Waals surface area contributed by atoms with E-state index in [-0.39, 0.29) is 5.28 Å². The Morgan fingerprint density at radius 1 is 1.08 bits per heavy atom. The van der Waals surface area contributed by atoms with Crippen molar-refractivity contribution in [3.8, 4) is 0 Å². The largest absolute Gasteiger partial charge is 0.378 e. The summed E-state index contributed by atoms with van der Waals surface area (Å²) in [4.78, 5) is 1.96. The fourth-order valence-corrected chi connectivity index (χ4v) is 1.18. The quantitative estimate of drug-likeness (QED) is 0.625. The van der Waals surface area contributed by atoms with Gasteiger partial charge >= 0.3 is 0 Å². The number of rotatable bonds is 1. The summed E-state index contributed by atoms with van der Waals surface area (Å²) in [6.45, 7) is 2.91. The lowest BCUT2D eigenvalue weighted by atomic mass is 10.4. The topological polar surface area (TPSA) is 64.0 Å². The molecule has 1 fully saturated rings. The Balaban J connectivity index is 2.10. The van der Waals surface area contributed by atoms with Gasteiger partial charge in [-0.2, -0.15) is 0 Å². The standard InChI is InChI=1S/C6H8ClN5O/c7-5-8-10-6(11-9-5)12-1-3-13-4-2-12/h1-4H2. The van der Waals surface area contributed by atoms with Gasteiger partial charge in [-0.15, -0.1) is 20.4 Å². The lowest BCUT2D eigenvalue weighted by molar-refractivity contribution is 0.122. The highest BCUT2D eigenvalue weighted by atomic mass is 35.5. The molecule has 1 aromatic rings. The van der Waals surface area contributed by atoms with Crippen molar-refractivity contribution in [1.82, 2.24) is 20.4 Å². The Morgan fingerprint density at radius 2 is 1.69 bits per heavy atom. The molecule has 2 heterocycles. The van der Waals surface area contributed by atoms with Gasteiger partial charge in [0.2, 0.25) is 0 Å². The molecule has 6 nitrogen and oxygen atoms in total. The highest BCUT2D eigenvalue weighted by Gasteiger charge is 2.14. The van der Waals surface area contributed by atoms with Crippen molar-refractivity contribution in [3.05, 3.63) is 5.28 Å². The van der Waals surface area contributed by atoms with E-state index in [9.17, 15) is 0 Å². The number of hydrogen-bond donors (Lipinski definition) is 0. The predicted molar refractivity (Wildman–Crippen MR) is 45.7 cm³/mol. The molecular formula is C6H8ClN5O. The third-order valence-corrected chi connectivity index (χ3v) is 1.89. The van der Waals surface area contributed by atoms with Crippen LogP contribution in [-0.4, -0.2) is 46.7 Å². The van der Waals surface area contributed by atoms with Gasteiger partial charge in [-0.1, -0.05) is 0 Å². The van der Waals surface area contributed by atoms with E-state index in [1.807, 2.05) is 4.90 Å². The van der Waals surface area contributed by atoms with E-state index in [0.717, 1.165) is 13.1 Å². The third kappa shape index (κ3) is 2.02. The van der Waals surface area contributed by atoms with Crippen LogP contribution >= 0.6 is 11.6 Å². The summed E-state index contributed by atoms with van der Waals surface area (Å²) in [6, 6.07) is 0. The van der Waals surface area contributed by atoms with Gasteiger partial charge < -0.3 is 9.64 Å². The Morgan fingerprint density at radius 3 is 2.31 bits per heavy atom. The number of aromatic nitrogens is 4. The third-order valence-electron chi connectivity index (χ3n) is 1.74. The van der Waals surface area contributed by atoms with Crippen LogP contribution in [0.2, 0.25) is 5.28 Å². The van der Waals surface area contributed by atoms with E-state index in [0.29, 0.717) is 19.2 Å². The molecule has 0 bridgehead atoms. The van der Waals surface area contributed by atoms with Crippen molar-refractivity contribution >= 4 is 17.5 Å². The van der Waals surface area contributed by atoms with E-state index in [4.69, 9.17) is 16.3 Å². The van der Waals surface area contributed by atoms with Crippen LogP contribution in [0.5, 0.6) is 0 Å².